The number of para-hydroxylation sites is 1. The minimum absolute atomic E-state index is 0.868. The highest BCUT2D eigenvalue weighted by atomic mass is 16.5. The third kappa shape index (κ3) is 1.93. The minimum Gasteiger partial charge on any atom is -0.497 e. The van der Waals surface area contributed by atoms with Gasteiger partial charge in [-0.2, -0.15) is 0 Å². The van der Waals surface area contributed by atoms with Crippen LogP contribution in [0.25, 0.3) is 22.0 Å². The van der Waals surface area contributed by atoms with E-state index in [0.717, 1.165) is 27.8 Å². The van der Waals surface area contributed by atoms with Crippen molar-refractivity contribution in [2.24, 2.45) is 0 Å². The van der Waals surface area contributed by atoms with Gasteiger partial charge in [0.15, 0.2) is 0 Å². The molecule has 0 amide bonds. The van der Waals surface area contributed by atoms with Crippen LogP contribution in [0.2, 0.25) is 0 Å². The number of benzene rings is 2. The van der Waals surface area contributed by atoms with Gasteiger partial charge in [-0.25, -0.2) is 0 Å². The summed E-state index contributed by atoms with van der Waals surface area (Å²) >= 11 is 0. The van der Waals surface area contributed by atoms with E-state index in [-0.39, 0.29) is 0 Å². The van der Waals surface area contributed by atoms with Crippen molar-refractivity contribution < 1.29 is 4.74 Å². The van der Waals surface area contributed by atoms with Crippen LogP contribution in [-0.2, 0) is 0 Å². The highest BCUT2D eigenvalue weighted by Crippen LogP contribution is 2.24. The summed E-state index contributed by atoms with van der Waals surface area (Å²) in [6.07, 6.45) is 1.91. The van der Waals surface area contributed by atoms with Gasteiger partial charge in [-0.1, -0.05) is 30.3 Å². The second-order valence-electron chi connectivity index (χ2n) is 4.15. The molecule has 3 rings (SSSR count). The van der Waals surface area contributed by atoms with Crippen molar-refractivity contribution in [2.45, 2.75) is 0 Å². The Morgan fingerprint density at radius 2 is 1.67 bits per heavy atom. The van der Waals surface area contributed by atoms with Crippen LogP contribution >= 0.6 is 0 Å². The molecule has 0 N–H and O–H groups in total. The fourth-order valence-corrected chi connectivity index (χ4v) is 2.01. The van der Waals surface area contributed by atoms with E-state index in [2.05, 4.69) is 17.1 Å². The maximum absolute atomic E-state index is 5.16. The number of ether oxygens (including phenoxy) is 1. The summed E-state index contributed by atoms with van der Waals surface area (Å²) < 4.78 is 5.16. The fraction of sp³-hybridized carbons (Fsp3) is 0.0625. The summed E-state index contributed by atoms with van der Waals surface area (Å²) in [6, 6.07) is 18.3. The van der Waals surface area contributed by atoms with E-state index in [0.29, 0.717) is 0 Å². The zero-order valence-corrected chi connectivity index (χ0v) is 10.1. The summed E-state index contributed by atoms with van der Waals surface area (Å²) in [4.78, 5) is 4.47. The molecule has 0 bridgehead atoms. The fourth-order valence-electron chi connectivity index (χ4n) is 2.01. The van der Waals surface area contributed by atoms with Gasteiger partial charge >= 0.3 is 0 Å². The van der Waals surface area contributed by atoms with Gasteiger partial charge in [0, 0.05) is 17.1 Å². The van der Waals surface area contributed by atoms with E-state index < -0.39 is 0 Å². The molecular formula is C16H13NO. The molecule has 2 heteroatoms. The molecule has 0 spiro atoms. The number of hydrogen-bond donors (Lipinski definition) is 0. The van der Waals surface area contributed by atoms with E-state index in [1.807, 2.05) is 48.7 Å². The zero-order valence-electron chi connectivity index (χ0n) is 10.1. The van der Waals surface area contributed by atoms with E-state index in [1.165, 1.54) is 0 Å². The first-order valence-electron chi connectivity index (χ1n) is 5.86. The Kier molecular flexibility index (Phi) is 2.69. The number of hydrogen-bond acceptors (Lipinski definition) is 2. The Morgan fingerprint density at radius 1 is 0.889 bits per heavy atom. The predicted octanol–water partition coefficient (Wildman–Crippen LogP) is 3.91. The molecule has 0 saturated heterocycles. The molecule has 0 radical (unpaired) electrons. The lowest BCUT2D eigenvalue weighted by molar-refractivity contribution is 0.415. The van der Waals surface area contributed by atoms with Crippen molar-refractivity contribution in [1.29, 1.82) is 0 Å². The maximum atomic E-state index is 5.16. The lowest BCUT2D eigenvalue weighted by Crippen LogP contribution is -1.84. The van der Waals surface area contributed by atoms with Gasteiger partial charge in [-0.3, -0.25) is 4.98 Å². The van der Waals surface area contributed by atoms with Crippen molar-refractivity contribution in [2.75, 3.05) is 7.11 Å². The third-order valence-electron chi connectivity index (χ3n) is 3.01. The van der Waals surface area contributed by atoms with Crippen LogP contribution in [0.15, 0.2) is 60.8 Å². The van der Waals surface area contributed by atoms with Gasteiger partial charge < -0.3 is 4.74 Å². The molecular weight excluding hydrogens is 222 g/mol. The molecule has 0 saturated carbocycles. The number of rotatable bonds is 2. The molecule has 0 aliphatic carbocycles. The van der Waals surface area contributed by atoms with Gasteiger partial charge in [0.05, 0.1) is 12.6 Å². The summed E-state index contributed by atoms with van der Waals surface area (Å²) in [5, 5.41) is 1.16. The van der Waals surface area contributed by atoms with Crippen molar-refractivity contribution in [3.05, 3.63) is 60.8 Å². The van der Waals surface area contributed by atoms with Gasteiger partial charge in [0.2, 0.25) is 0 Å². The molecule has 0 atom stereocenters. The normalized spacial score (nSPS) is 10.5. The first-order valence-corrected chi connectivity index (χ1v) is 5.86. The number of nitrogens with zero attached hydrogens (tertiary/aromatic N) is 1. The number of pyridine rings is 1. The van der Waals surface area contributed by atoms with Gasteiger partial charge in [0.25, 0.3) is 0 Å². The summed E-state index contributed by atoms with van der Waals surface area (Å²) in [5.74, 6) is 0.868. The van der Waals surface area contributed by atoms with Gasteiger partial charge in [0.1, 0.15) is 5.75 Å². The number of aromatic nitrogens is 1. The van der Waals surface area contributed by atoms with E-state index >= 15 is 0 Å². The van der Waals surface area contributed by atoms with Crippen molar-refractivity contribution in [1.82, 2.24) is 4.98 Å². The Labute approximate surface area is 106 Å². The smallest absolute Gasteiger partial charge is 0.118 e. The molecule has 0 aliphatic rings. The molecule has 2 aromatic carbocycles. The predicted molar refractivity (Wildman–Crippen MR) is 73.7 cm³/mol. The Hall–Kier alpha value is -2.35. The van der Waals surface area contributed by atoms with E-state index in [9.17, 15) is 0 Å². The quantitative estimate of drug-likeness (QED) is 0.671. The van der Waals surface area contributed by atoms with Crippen LogP contribution in [0.5, 0.6) is 5.75 Å². The second kappa shape index (κ2) is 4.49. The molecule has 0 unspecified atom stereocenters. The maximum Gasteiger partial charge on any atom is 0.118 e. The van der Waals surface area contributed by atoms with Crippen LogP contribution in [0, 0.1) is 0 Å². The largest absolute Gasteiger partial charge is 0.497 e. The monoisotopic (exact) mass is 235 g/mol. The SMILES string of the molecule is COc1ccc(-c2cnc3ccccc3c2)cc1. The standard InChI is InChI=1S/C16H13NO/c1-18-15-8-6-12(7-9-15)14-10-13-4-2-3-5-16(13)17-11-14/h2-11H,1H3. The van der Waals surface area contributed by atoms with Crippen LogP contribution < -0.4 is 4.74 Å². The molecule has 0 aliphatic heterocycles. The topological polar surface area (TPSA) is 22.1 Å². The first kappa shape index (κ1) is 10.8. The zero-order chi connectivity index (χ0) is 12.4. The molecule has 1 aromatic heterocycles. The first-order chi connectivity index (χ1) is 8.86. The Balaban J connectivity index is 2.07. The molecule has 88 valence electrons. The summed E-state index contributed by atoms with van der Waals surface area (Å²) in [7, 11) is 1.67. The third-order valence-corrected chi connectivity index (χ3v) is 3.01. The second-order valence-corrected chi connectivity index (χ2v) is 4.15. The van der Waals surface area contributed by atoms with E-state index in [1.54, 1.807) is 7.11 Å². The number of fused-ring (bicyclic) bond motifs is 1. The molecule has 0 fully saturated rings. The Morgan fingerprint density at radius 3 is 2.44 bits per heavy atom. The summed E-state index contributed by atoms with van der Waals surface area (Å²) in [5.41, 5.74) is 3.29. The lowest BCUT2D eigenvalue weighted by Gasteiger charge is -2.05. The van der Waals surface area contributed by atoms with Crippen LogP contribution in [0.4, 0.5) is 0 Å². The van der Waals surface area contributed by atoms with Gasteiger partial charge in [-0.15, -0.1) is 0 Å². The minimum atomic E-state index is 0.868. The molecule has 2 nitrogen and oxygen atoms in total. The van der Waals surface area contributed by atoms with Crippen molar-refractivity contribution >= 4 is 10.9 Å². The molecule has 18 heavy (non-hydrogen) atoms. The average molecular weight is 235 g/mol. The lowest BCUT2D eigenvalue weighted by atomic mass is 10.1. The average Bonchev–Trinajstić information content (AvgIpc) is 2.47. The summed E-state index contributed by atoms with van der Waals surface area (Å²) in [6.45, 7) is 0. The van der Waals surface area contributed by atoms with Crippen LogP contribution in [0.3, 0.4) is 0 Å². The number of methoxy groups -OCH3 is 1. The Bertz CT molecular complexity index is 674. The highest BCUT2D eigenvalue weighted by molar-refractivity contribution is 5.83. The van der Waals surface area contributed by atoms with Crippen LogP contribution in [-0.4, -0.2) is 12.1 Å². The van der Waals surface area contributed by atoms with Crippen LogP contribution in [0.1, 0.15) is 0 Å². The highest BCUT2D eigenvalue weighted by Gasteiger charge is 2.00. The van der Waals surface area contributed by atoms with Crippen molar-refractivity contribution in [3.8, 4) is 16.9 Å². The van der Waals surface area contributed by atoms with Crippen molar-refractivity contribution in [3.63, 3.8) is 0 Å². The van der Waals surface area contributed by atoms with Gasteiger partial charge in [-0.05, 0) is 29.8 Å². The van der Waals surface area contributed by atoms with E-state index in [4.69, 9.17) is 4.74 Å². The molecule has 1 heterocycles. The molecule has 3 aromatic rings.